The Balaban J connectivity index is 2.65. The molecule has 0 radical (unpaired) electrons. The van der Waals surface area contributed by atoms with Gasteiger partial charge >= 0.3 is 5.97 Å². The van der Waals surface area contributed by atoms with Crippen LogP contribution in [0.5, 0.6) is 0 Å². The monoisotopic (exact) mass is 244 g/mol. The molecule has 98 valence electrons. The summed E-state index contributed by atoms with van der Waals surface area (Å²) in [5.74, 6) is -1.20. The summed E-state index contributed by atoms with van der Waals surface area (Å²) in [5.41, 5.74) is 5.58. The van der Waals surface area contributed by atoms with E-state index in [2.05, 4.69) is 0 Å². The van der Waals surface area contributed by atoms with Crippen LogP contribution in [0.3, 0.4) is 0 Å². The third-order valence-corrected chi connectivity index (χ3v) is 3.03. The Morgan fingerprint density at radius 3 is 2.65 bits per heavy atom. The number of carboxylic acids is 1. The number of aliphatic carboxylic acids is 1. The fourth-order valence-corrected chi connectivity index (χ4v) is 1.89. The summed E-state index contributed by atoms with van der Waals surface area (Å²) in [7, 11) is 0. The van der Waals surface area contributed by atoms with E-state index in [9.17, 15) is 9.59 Å². The second-order valence-corrected chi connectivity index (χ2v) is 4.57. The van der Waals surface area contributed by atoms with Gasteiger partial charge in [-0.2, -0.15) is 0 Å². The first-order valence-electron chi connectivity index (χ1n) is 5.80. The van der Waals surface area contributed by atoms with E-state index >= 15 is 0 Å². The molecule has 1 fully saturated rings. The molecule has 0 bridgehead atoms. The van der Waals surface area contributed by atoms with Crippen molar-refractivity contribution >= 4 is 11.9 Å². The van der Waals surface area contributed by atoms with Gasteiger partial charge in [-0.25, -0.2) is 4.79 Å². The fraction of sp³-hybridized carbons (Fsp3) is 0.818. The van der Waals surface area contributed by atoms with Crippen LogP contribution in [-0.2, 0) is 14.3 Å². The average molecular weight is 244 g/mol. The molecule has 1 amide bonds. The highest BCUT2D eigenvalue weighted by atomic mass is 16.5. The Labute approximate surface area is 101 Å². The quantitative estimate of drug-likeness (QED) is 0.697. The number of rotatable bonds is 4. The smallest absolute Gasteiger partial charge is 0.334 e. The number of hydrogen-bond acceptors (Lipinski definition) is 4. The predicted octanol–water partition coefficient (Wildman–Crippen LogP) is -0.471. The van der Waals surface area contributed by atoms with E-state index in [0.717, 1.165) is 0 Å². The van der Waals surface area contributed by atoms with Crippen molar-refractivity contribution in [3.8, 4) is 0 Å². The van der Waals surface area contributed by atoms with Gasteiger partial charge in [0, 0.05) is 13.1 Å². The van der Waals surface area contributed by atoms with E-state index < -0.39 is 12.1 Å². The highest BCUT2D eigenvalue weighted by Crippen LogP contribution is 2.15. The first-order valence-corrected chi connectivity index (χ1v) is 5.80. The van der Waals surface area contributed by atoms with Crippen LogP contribution >= 0.6 is 0 Å². The molecule has 1 rings (SSSR count). The normalized spacial score (nSPS) is 22.6. The summed E-state index contributed by atoms with van der Waals surface area (Å²) in [6.07, 6.45) is -0.918. The van der Waals surface area contributed by atoms with Crippen molar-refractivity contribution in [3.63, 3.8) is 0 Å². The van der Waals surface area contributed by atoms with Crippen LogP contribution in [0.1, 0.15) is 13.8 Å². The van der Waals surface area contributed by atoms with Gasteiger partial charge in [0.2, 0.25) is 5.91 Å². The summed E-state index contributed by atoms with van der Waals surface area (Å²) in [5, 5.41) is 8.86. The summed E-state index contributed by atoms with van der Waals surface area (Å²) in [4.78, 5) is 24.5. The molecule has 1 heterocycles. The minimum absolute atomic E-state index is 0.0722. The van der Waals surface area contributed by atoms with Crippen LogP contribution in [0.4, 0.5) is 0 Å². The number of carbonyl (C=O) groups excluding carboxylic acids is 1. The molecule has 2 unspecified atom stereocenters. The van der Waals surface area contributed by atoms with E-state index in [1.54, 1.807) is 4.90 Å². The Bertz CT molecular complexity index is 293. The van der Waals surface area contributed by atoms with Crippen LogP contribution in [0.2, 0.25) is 0 Å². The Morgan fingerprint density at radius 2 is 2.18 bits per heavy atom. The Morgan fingerprint density at radius 1 is 1.53 bits per heavy atom. The van der Waals surface area contributed by atoms with Crippen molar-refractivity contribution in [3.05, 3.63) is 0 Å². The number of morpholine rings is 1. The molecule has 0 aromatic rings. The molecule has 6 nitrogen and oxygen atoms in total. The van der Waals surface area contributed by atoms with Crippen LogP contribution in [0.25, 0.3) is 0 Å². The maximum Gasteiger partial charge on any atom is 0.334 e. The molecule has 3 N–H and O–H groups in total. The van der Waals surface area contributed by atoms with Gasteiger partial charge in [0.25, 0.3) is 0 Å². The molecule has 2 atom stereocenters. The number of ether oxygens (including phenoxy) is 1. The van der Waals surface area contributed by atoms with E-state index in [-0.39, 0.29) is 37.4 Å². The molecule has 0 aromatic carbocycles. The van der Waals surface area contributed by atoms with Crippen molar-refractivity contribution < 1.29 is 19.4 Å². The third kappa shape index (κ3) is 3.41. The SMILES string of the molecule is CC(C)C(CN)C(=O)N1CCOC(C(=O)O)C1. The lowest BCUT2D eigenvalue weighted by atomic mass is 9.94. The van der Waals surface area contributed by atoms with E-state index in [0.29, 0.717) is 6.54 Å². The van der Waals surface area contributed by atoms with Crippen LogP contribution < -0.4 is 5.73 Å². The summed E-state index contributed by atoms with van der Waals surface area (Å²) in [6.45, 7) is 4.96. The summed E-state index contributed by atoms with van der Waals surface area (Å²) >= 11 is 0. The fourth-order valence-electron chi connectivity index (χ4n) is 1.89. The topological polar surface area (TPSA) is 92.9 Å². The number of amides is 1. The standard InChI is InChI=1S/C11H20N2O4/c1-7(2)8(5-12)10(14)13-3-4-17-9(6-13)11(15)16/h7-9H,3-6,12H2,1-2H3,(H,15,16). The van der Waals surface area contributed by atoms with Crippen molar-refractivity contribution in [2.24, 2.45) is 17.6 Å². The highest BCUT2D eigenvalue weighted by molar-refractivity contribution is 5.81. The number of carboxylic acid groups (broad SMARTS) is 1. The molecular formula is C11H20N2O4. The molecule has 0 aliphatic carbocycles. The highest BCUT2D eigenvalue weighted by Gasteiger charge is 2.32. The number of carbonyl (C=O) groups is 2. The van der Waals surface area contributed by atoms with Gasteiger partial charge in [-0.05, 0) is 5.92 Å². The van der Waals surface area contributed by atoms with Gasteiger partial charge in [0.05, 0.1) is 19.1 Å². The number of nitrogens with zero attached hydrogens (tertiary/aromatic N) is 1. The summed E-state index contributed by atoms with van der Waals surface area (Å²) in [6, 6.07) is 0. The largest absolute Gasteiger partial charge is 0.479 e. The zero-order chi connectivity index (χ0) is 13.0. The van der Waals surface area contributed by atoms with Crippen LogP contribution in [-0.4, -0.2) is 54.2 Å². The maximum atomic E-state index is 12.1. The first-order chi connectivity index (χ1) is 7.97. The Hall–Kier alpha value is -1.14. The van der Waals surface area contributed by atoms with Gasteiger partial charge in [-0.15, -0.1) is 0 Å². The molecule has 6 heteroatoms. The van der Waals surface area contributed by atoms with E-state index in [4.69, 9.17) is 15.6 Å². The molecule has 1 saturated heterocycles. The zero-order valence-corrected chi connectivity index (χ0v) is 10.3. The van der Waals surface area contributed by atoms with Gasteiger partial charge in [0.15, 0.2) is 6.10 Å². The lowest BCUT2D eigenvalue weighted by molar-refractivity contribution is -0.160. The number of nitrogens with two attached hydrogens (primary N) is 1. The molecule has 1 aliphatic heterocycles. The zero-order valence-electron chi connectivity index (χ0n) is 10.3. The van der Waals surface area contributed by atoms with E-state index in [1.165, 1.54) is 0 Å². The van der Waals surface area contributed by atoms with Crippen molar-refractivity contribution in [1.29, 1.82) is 0 Å². The Kier molecular flexibility index (Phi) is 4.89. The molecule has 0 aromatic heterocycles. The predicted molar refractivity (Wildman–Crippen MR) is 61.3 cm³/mol. The second-order valence-electron chi connectivity index (χ2n) is 4.57. The molecule has 1 aliphatic rings. The lowest BCUT2D eigenvalue weighted by Crippen LogP contribution is -2.51. The van der Waals surface area contributed by atoms with Gasteiger partial charge < -0.3 is 20.5 Å². The second kappa shape index (κ2) is 5.97. The van der Waals surface area contributed by atoms with Gasteiger partial charge in [-0.1, -0.05) is 13.8 Å². The van der Waals surface area contributed by atoms with Gasteiger partial charge in [-0.3, -0.25) is 4.79 Å². The third-order valence-electron chi connectivity index (χ3n) is 3.03. The molecule has 17 heavy (non-hydrogen) atoms. The van der Waals surface area contributed by atoms with Gasteiger partial charge in [0.1, 0.15) is 0 Å². The van der Waals surface area contributed by atoms with E-state index in [1.807, 2.05) is 13.8 Å². The average Bonchev–Trinajstić information content (AvgIpc) is 2.29. The maximum absolute atomic E-state index is 12.1. The van der Waals surface area contributed by atoms with Crippen molar-refractivity contribution in [2.45, 2.75) is 20.0 Å². The van der Waals surface area contributed by atoms with Crippen LogP contribution in [0, 0.1) is 11.8 Å². The molecular weight excluding hydrogens is 224 g/mol. The minimum Gasteiger partial charge on any atom is -0.479 e. The lowest BCUT2D eigenvalue weighted by Gasteiger charge is -2.34. The number of hydrogen-bond donors (Lipinski definition) is 2. The molecule has 0 spiro atoms. The summed E-state index contributed by atoms with van der Waals surface area (Å²) < 4.78 is 5.07. The van der Waals surface area contributed by atoms with Crippen molar-refractivity contribution in [1.82, 2.24) is 4.90 Å². The minimum atomic E-state index is -1.03. The first kappa shape index (κ1) is 13.9. The van der Waals surface area contributed by atoms with Crippen LogP contribution in [0.15, 0.2) is 0 Å². The molecule has 0 saturated carbocycles. The van der Waals surface area contributed by atoms with Crippen molar-refractivity contribution in [2.75, 3.05) is 26.2 Å².